The van der Waals surface area contributed by atoms with Crippen LogP contribution in [0, 0.1) is 32.1 Å². The lowest BCUT2D eigenvalue weighted by Crippen LogP contribution is -1.98. The first kappa shape index (κ1) is 13.2. The molecule has 2 aromatic rings. The van der Waals surface area contributed by atoms with Gasteiger partial charge >= 0.3 is 0 Å². The molecule has 1 aromatic carbocycles. The van der Waals surface area contributed by atoms with Crippen LogP contribution in [0.5, 0.6) is 5.75 Å². The van der Waals surface area contributed by atoms with Gasteiger partial charge in [0.15, 0.2) is 0 Å². The fourth-order valence-corrected chi connectivity index (χ4v) is 2.38. The van der Waals surface area contributed by atoms with Crippen LogP contribution in [0.2, 0.25) is 0 Å². The quantitative estimate of drug-likeness (QED) is 0.829. The van der Waals surface area contributed by atoms with Crippen LogP contribution in [0.15, 0.2) is 12.4 Å². The molecule has 2 rings (SSSR count). The third-order valence-corrected chi connectivity index (χ3v) is 3.53. The number of aryl methyl sites for hydroxylation is 2. The minimum atomic E-state index is 0.576. The van der Waals surface area contributed by atoms with Gasteiger partial charge in [-0.15, -0.1) is 0 Å². The second kappa shape index (κ2) is 4.77. The summed E-state index contributed by atoms with van der Waals surface area (Å²) in [6.45, 7) is 6.06. The van der Waals surface area contributed by atoms with Gasteiger partial charge < -0.3 is 9.30 Å². The molecule has 98 valence electrons. The molecule has 1 heterocycles. The van der Waals surface area contributed by atoms with Crippen molar-refractivity contribution in [3.05, 3.63) is 34.8 Å². The molecule has 0 aliphatic heterocycles. The smallest absolute Gasteiger partial charge is 0.147 e. The van der Waals surface area contributed by atoms with Crippen LogP contribution in [0.1, 0.15) is 22.4 Å². The van der Waals surface area contributed by atoms with Gasteiger partial charge in [0.25, 0.3) is 0 Å². The topological polar surface area (TPSA) is 50.8 Å². The van der Waals surface area contributed by atoms with E-state index in [-0.39, 0.29) is 0 Å². The van der Waals surface area contributed by atoms with Crippen molar-refractivity contribution in [2.24, 2.45) is 7.05 Å². The molecule has 0 bridgehead atoms. The zero-order valence-corrected chi connectivity index (χ0v) is 11.9. The van der Waals surface area contributed by atoms with Gasteiger partial charge in [-0.2, -0.15) is 5.26 Å². The average molecular weight is 255 g/mol. The number of imidazole rings is 1. The molecule has 0 spiro atoms. The first-order chi connectivity index (χ1) is 9.01. The van der Waals surface area contributed by atoms with E-state index in [4.69, 9.17) is 4.74 Å². The number of hydrogen-bond donors (Lipinski definition) is 0. The fraction of sp³-hybridized carbons (Fsp3) is 0.333. The van der Waals surface area contributed by atoms with Gasteiger partial charge in [0.2, 0.25) is 0 Å². The first-order valence-electron chi connectivity index (χ1n) is 6.07. The predicted molar refractivity (Wildman–Crippen MR) is 74.1 cm³/mol. The maximum atomic E-state index is 9.24. The SMILES string of the molecule is COc1c(C)cc(-c2ncn(C)c2C#N)c(C)c1C. The van der Waals surface area contributed by atoms with Crippen molar-refractivity contribution < 1.29 is 4.74 Å². The van der Waals surface area contributed by atoms with E-state index in [1.807, 2.05) is 33.9 Å². The summed E-state index contributed by atoms with van der Waals surface area (Å²) in [6.07, 6.45) is 1.67. The number of nitriles is 1. The lowest BCUT2D eigenvalue weighted by molar-refractivity contribution is 0.408. The summed E-state index contributed by atoms with van der Waals surface area (Å²) in [5.74, 6) is 0.899. The number of rotatable bonds is 2. The third-order valence-electron chi connectivity index (χ3n) is 3.53. The van der Waals surface area contributed by atoms with Crippen molar-refractivity contribution in [2.45, 2.75) is 20.8 Å². The highest BCUT2D eigenvalue weighted by molar-refractivity contribution is 5.72. The Kier molecular flexibility index (Phi) is 3.30. The van der Waals surface area contributed by atoms with Crippen molar-refractivity contribution in [3.63, 3.8) is 0 Å². The average Bonchev–Trinajstić information content (AvgIpc) is 2.75. The minimum Gasteiger partial charge on any atom is -0.496 e. The van der Waals surface area contributed by atoms with Gasteiger partial charge in [-0.3, -0.25) is 0 Å². The summed E-state index contributed by atoms with van der Waals surface area (Å²) in [4.78, 5) is 4.36. The van der Waals surface area contributed by atoms with Crippen LogP contribution in [-0.2, 0) is 7.05 Å². The standard InChI is InChI=1S/C15H17N3O/c1-9-6-12(10(2)11(3)15(9)19-5)14-13(7-16)18(4)8-17-14/h6,8H,1-5H3. The second-order valence-electron chi connectivity index (χ2n) is 4.69. The summed E-state index contributed by atoms with van der Waals surface area (Å²) in [5.41, 5.74) is 5.54. The lowest BCUT2D eigenvalue weighted by Gasteiger charge is -2.14. The Morgan fingerprint density at radius 2 is 1.95 bits per heavy atom. The summed E-state index contributed by atoms with van der Waals surface area (Å²) < 4.78 is 7.16. The molecule has 0 aliphatic rings. The van der Waals surface area contributed by atoms with Gasteiger partial charge in [0.1, 0.15) is 23.2 Å². The van der Waals surface area contributed by atoms with E-state index in [0.29, 0.717) is 5.69 Å². The van der Waals surface area contributed by atoms with Crippen molar-refractivity contribution in [2.75, 3.05) is 7.11 Å². The number of aromatic nitrogens is 2. The zero-order valence-electron chi connectivity index (χ0n) is 11.9. The number of ether oxygens (including phenoxy) is 1. The highest BCUT2D eigenvalue weighted by Crippen LogP contribution is 2.34. The normalized spacial score (nSPS) is 10.3. The second-order valence-corrected chi connectivity index (χ2v) is 4.69. The van der Waals surface area contributed by atoms with E-state index >= 15 is 0 Å². The molecule has 0 unspecified atom stereocenters. The zero-order chi connectivity index (χ0) is 14.2. The van der Waals surface area contributed by atoms with Gasteiger partial charge in [0.05, 0.1) is 13.4 Å². The van der Waals surface area contributed by atoms with E-state index in [1.54, 1.807) is 18.0 Å². The van der Waals surface area contributed by atoms with Crippen molar-refractivity contribution >= 4 is 0 Å². The molecule has 19 heavy (non-hydrogen) atoms. The molecule has 0 saturated heterocycles. The van der Waals surface area contributed by atoms with Crippen molar-refractivity contribution in [1.29, 1.82) is 5.26 Å². The Hall–Kier alpha value is -2.28. The van der Waals surface area contributed by atoms with Gasteiger partial charge in [-0.05, 0) is 43.5 Å². The molecule has 0 N–H and O–H groups in total. The van der Waals surface area contributed by atoms with Gasteiger partial charge in [0, 0.05) is 12.6 Å². The number of benzene rings is 1. The Morgan fingerprint density at radius 3 is 2.53 bits per heavy atom. The summed E-state index contributed by atoms with van der Waals surface area (Å²) in [7, 11) is 3.50. The molecule has 0 radical (unpaired) electrons. The Morgan fingerprint density at radius 1 is 1.26 bits per heavy atom. The van der Waals surface area contributed by atoms with E-state index in [2.05, 4.69) is 11.1 Å². The van der Waals surface area contributed by atoms with Crippen LogP contribution in [0.4, 0.5) is 0 Å². The van der Waals surface area contributed by atoms with E-state index < -0.39 is 0 Å². The fourth-order valence-electron chi connectivity index (χ4n) is 2.38. The molecule has 0 atom stereocenters. The lowest BCUT2D eigenvalue weighted by atomic mass is 9.96. The number of hydrogen-bond acceptors (Lipinski definition) is 3. The van der Waals surface area contributed by atoms with Crippen molar-refractivity contribution in [1.82, 2.24) is 9.55 Å². The van der Waals surface area contributed by atoms with E-state index in [9.17, 15) is 5.26 Å². The van der Waals surface area contributed by atoms with E-state index in [0.717, 1.165) is 33.7 Å². The summed E-state index contributed by atoms with van der Waals surface area (Å²) in [6, 6.07) is 4.24. The van der Waals surface area contributed by atoms with Crippen LogP contribution in [0.3, 0.4) is 0 Å². The Labute approximate surface area is 113 Å². The van der Waals surface area contributed by atoms with Gasteiger partial charge in [-0.25, -0.2) is 4.98 Å². The minimum absolute atomic E-state index is 0.576. The van der Waals surface area contributed by atoms with Gasteiger partial charge in [-0.1, -0.05) is 0 Å². The van der Waals surface area contributed by atoms with Crippen LogP contribution < -0.4 is 4.74 Å². The first-order valence-corrected chi connectivity index (χ1v) is 6.07. The molecule has 0 fully saturated rings. The third kappa shape index (κ3) is 1.97. The summed E-state index contributed by atoms with van der Waals surface area (Å²) in [5, 5.41) is 9.24. The largest absolute Gasteiger partial charge is 0.496 e. The molecule has 0 aliphatic carbocycles. The van der Waals surface area contributed by atoms with Crippen LogP contribution in [-0.4, -0.2) is 16.7 Å². The number of nitrogens with zero attached hydrogens (tertiary/aromatic N) is 3. The molecule has 0 amide bonds. The molecule has 4 nitrogen and oxygen atoms in total. The molecule has 1 aromatic heterocycles. The molecule has 4 heteroatoms. The van der Waals surface area contributed by atoms with Crippen LogP contribution >= 0.6 is 0 Å². The monoisotopic (exact) mass is 255 g/mol. The highest BCUT2D eigenvalue weighted by atomic mass is 16.5. The Balaban J connectivity index is 2.74. The predicted octanol–water partition coefficient (Wildman–Crippen LogP) is 2.89. The van der Waals surface area contributed by atoms with Crippen molar-refractivity contribution in [3.8, 4) is 23.1 Å². The Bertz CT molecular complexity index is 678. The molecular formula is C15H17N3O. The van der Waals surface area contributed by atoms with E-state index in [1.165, 1.54) is 0 Å². The molecular weight excluding hydrogens is 238 g/mol. The van der Waals surface area contributed by atoms with Crippen LogP contribution in [0.25, 0.3) is 11.3 Å². The highest BCUT2D eigenvalue weighted by Gasteiger charge is 2.17. The maximum absolute atomic E-state index is 9.24. The number of methoxy groups -OCH3 is 1. The summed E-state index contributed by atoms with van der Waals surface area (Å²) >= 11 is 0. The molecule has 0 saturated carbocycles. The maximum Gasteiger partial charge on any atom is 0.147 e.